The van der Waals surface area contributed by atoms with Gasteiger partial charge in [-0.1, -0.05) is 42.5 Å². The molecular weight excluding hydrogens is 456 g/mol. The molecule has 0 saturated carbocycles. The number of hydrogen-bond acceptors (Lipinski definition) is 7. The molecule has 0 radical (unpaired) electrons. The number of rotatable bonds is 5. The van der Waals surface area contributed by atoms with Gasteiger partial charge in [0.05, 0.1) is 5.69 Å². The topological polar surface area (TPSA) is 77.0 Å². The van der Waals surface area contributed by atoms with Gasteiger partial charge in [-0.05, 0) is 42.0 Å². The summed E-state index contributed by atoms with van der Waals surface area (Å²) >= 11 is 0. The third-order valence-corrected chi connectivity index (χ3v) is 6.64. The summed E-state index contributed by atoms with van der Waals surface area (Å²) in [6.45, 7) is 4.54. The highest BCUT2D eigenvalue weighted by Gasteiger charge is 2.27. The molecule has 6 rings (SSSR count). The number of ether oxygens (including phenoxy) is 3. The Morgan fingerprint density at radius 3 is 2.53 bits per heavy atom. The molecule has 2 aliphatic heterocycles. The third-order valence-electron chi connectivity index (χ3n) is 6.64. The highest BCUT2D eigenvalue weighted by Crippen LogP contribution is 2.35. The van der Waals surface area contributed by atoms with Crippen LogP contribution in [0, 0.1) is 0 Å². The van der Waals surface area contributed by atoms with E-state index in [1.54, 1.807) is 25.1 Å². The fourth-order valence-corrected chi connectivity index (χ4v) is 4.70. The summed E-state index contributed by atoms with van der Waals surface area (Å²) in [5, 5.41) is 11.4. The molecule has 3 heterocycles. The molecule has 8 heteroatoms. The maximum atomic E-state index is 13.0. The molecule has 2 aliphatic rings. The first kappa shape index (κ1) is 22.2. The fourth-order valence-electron chi connectivity index (χ4n) is 4.70. The van der Waals surface area contributed by atoms with Crippen LogP contribution in [-0.2, 0) is 4.79 Å². The normalized spacial score (nSPS) is 15.7. The molecule has 1 unspecified atom stereocenters. The van der Waals surface area contributed by atoms with Crippen molar-refractivity contribution in [2.75, 3.05) is 37.9 Å². The first-order valence-corrected chi connectivity index (χ1v) is 12.1. The molecule has 0 bridgehead atoms. The predicted molar refractivity (Wildman–Crippen MR) is 136 cm³/mol. The van der Waals surface area contributed by atoms with Crippen molar-refractivity contribution >= 4 is 22.5 Å². The molecule has 1 amide bonds. The number of aromatic nitrogens is 2. The van der Waals surface area contributed by atoms with Crippen LogP contribution in [0.15, 0.2) is 72.8 Å². The lowest BCUT2D eigenvalue weighted by Gasteiger charge is -2.36. The molecule has 36 heavy (non-hydrogen) atoms. The molecule has 4 aromatic rings. The average molecular weight is 483 g/mol. The number of carbonyl (C=O) groups excluding carboxylic acids is 1. The first-order chi connectivity index (χ1) is 17.7. The highest BCUT2D eigenvalue weighted by atomic mass is 16.7. The maximum absolute atomic E-state index is 13.0. The zero-order valence-electron chi connectivity index (χ0n) is 20.0. The molecule has 3 aromatic carbocycles. The van der Waals surface area contributed by atoms with Crippen LogP contribution in [0.1, 0.15) is 6.92 Å². The first-order valence-electron chi connectivity index (χ1n) is 12.1. The molecule has 182 valence electrons. The van der Waals surface area contributed by atoms with E-state index in [1.807, 2.05) is 35.2 Å². The molecule has 0 N–H and O–H groups in total. The zero-order valence-corrected chi connectivity index (χ0v) is 20.0. The van der Waals surface area contributed by atoms with Crippen molar-refractivity contribution in [3.8, 4) is 28.5 Å². The summed E-state index contributed by atoms with van der Waals surface area (Å²) in [6.07, 6.45) is -0.600. The number of hydrogen-bond donors (Lipinski definition) is 0. The van der Waals surface area contributed by atoms with Crippen molar-refractivity contribution in [1.29, 1.82) is 0 Å². The molecular formula is C28H26N4O4. The van der Waals surface area contributed by atoms with E-state index in [0.717, 1.165) is 22.5 Å². The number of nitrogens with zero attached hydrogens (tertiary/aromatic N) is 4. The minimum absolute atomic E-state index is 0.0373. The largest absolute Gasteiger partial charge is 0.481 e. The Labute approximate surface area is 209 Å². The van der Waals surface area contributed by atoms with Crippen LogP contribution in [0.3, 0.4) is 0 Å². The summed E-state index contributed by atoms with van der Waals surface area (Å²) in [7, 11) is 0. The van der Waals surface area contributed by atoms with Gasteiger partial charge < -0.3 is 24.0 Å². The fraction of sp³-hybridized carbons (Fsp3) is 0.250. The van der Waals surface area contributed by atoms with Crippen LogP contribution in [-0.4, -0.2) is 60.1 Å². The van der Waals surface area contributed by atoms with Crippen molar-refractivity contribution < 1.29 is 19.0 Å². The lowest BCUT2D eigenvalue weighted by Crippen LogP contribution is -2.52. The van der Waals surface area contributed by atoms with E-state index in [2.05, 4.69) is 39.4 Å². The summed E-state index contributed by atoms with van der Waals surface area (Å²) in [6, 6.07) is 23.9. The second-order valence-corrected chi connectivity index (χ2v) is 8.89. The Morgan fingerprint density at radius 2 is 1.69 bits per heavy atom. The Balaban J connectivity index is 1.07. The standard InChI is InChI=1S/C28H26N4O4/c1-19(36-21-9-11-25-26(17-21)35-18-34-25)28(33)32-15-13-31(14-16-32)27-12-10-24(29-30-27)23-8-4-6-20-5-2-3-7-22(20)23/h2-12,17,19H,13-16,18H2,1H3. The predicted octanol–water partition coefficient (Wildman–Crippen LogP) is 4.14. The van der Waals surface area contributed by atoms with Crippen LogP contribution in [0.25, 0.3) is 22.0 Å². The van der Waals surface area contributed by atoms with E-state index in [1.165, 1.54) is 5.39 Å². The monoisotopic (exact) mass is 482 g/mol. The Kier molecular flexibility index (Phi) is 5.77. The van der Waals surface area contributed by atoms with Crippen molar-refractivity contribution in [3.63, 3.8) is 0 Å². The van der Waals surface area contributed by atoms with Crippen LogP contribution < -0.4 is 19.1 Å². The zero-order chi connectivity index (χ0) is 24.5. The number of piperazine rings is 1. The van der Waals surface area contributed by atoms with Gasteiger partial charge in [-0.2, -0.15) is 0 Å². The van der Waals surface area contributed by atoms with Gasteiger partial charge in [0, 0.05) is 37.8 Å². The van der Waals surface area contributed by atoms with E-state index in [4.69, 9.17) is 14.2 Å². The van der Waals surface area contributed by atoms with Gasteiger partial charge in [0.15, 0.2) is 23.4 Å². The van der Waals surface area contributed by atoms with Gasteiger partial charge in [-0.3, -0.25) is 4.79 Å². The van der Waals surface area contributed by atoms with Gasteiger partial charge in [0.1, 0.15) is 5.75 Å². The quantitative estimate of drug-likeness (QED) is 0.423. The smallest absolute Gasteiger partial charge is 0.263 e. The van der Waals surface area contributed by atoms with Crippen molar-refractivity contribution in [2.24, 2.45) is 0 Å². The maximum Gasteiger partial charge on any atom is 0.263 e. The van der Waals surface area contributed by atoms with E-state index in [-0.39, 0.29) is 12.7 Å². The summed E-state index contributed by atoms with van der Waals surface area (Å²) < 4.78 is 16.6. The van der Waals surface area contributed by atoms with Gasteiger partial charge in [0.2, 0.25) is 6.79 Å². The Hall–Kier alpha value is -4.33. The number of anilines is 1. The molecule has 0 spiro atoms. The molecule has 1 saturated heterocycles. The van der Waals surface area contributed by atoms with Crippen molar-refractivity contribution in [2.45, 2.75) is 13.0 Å². The molecule has 0 aliphatic carbocycles. The minimum atomic E-state index is -0.600. The van der Waals surface area contributed by atoms with E-state index in [0.29, 0.717) is 43.4 Å². The molecule has 1 fully saturated rings. The van der Waals surface area contributed by atoms with Crippen molar-refractivity contribution in [3.05, 3.63) is 72.8 Å². The Morgan fingerprint density at radius 1 is 0.889 bits per heavy atom. The number of carbonyl (C=O) groups is 1. The van der Waals surface area contributed by atoms with Crippen LogP contribution >= 0.6 is 0 Å². The highest BCUT2D eigenvalue weighted by molar-refractivity contribution is 5.95. The second kappa shape index (κ2) is 9.37. The van der Waals surface area contributed by atoms with E-state index >= 15 is 0 Å². The second-order valence-electron chi connectivity index (χ2n) is 8.89. The van der Waals surface area contributed by atoms with Gasteiger partial charge in [-0.25, -0.2) is 0 Å². The van der Waals surface area contributed by atoms with Gasteiger partial charge in [-0.15, -0.1) is 10.2 Å². The SMILES string of the molecule is CC(Oc1ccc2c(c1)OCO2)C(=O)N1CCN(c2ccc(-c3cccc4ccccc34)nn2)CC1. The molecule has 1 atom stereocenters. The van der Waals surface area contributed by atoms with E-state index < -0.39 is 6.10 Å². The number of fused-ring (bicyclic) bond motifs is 2. The van der Waals surface area contributed by atoms with Gasteiger partial charge >= 0.3 is 0 Å². The molecule has 8 nitrogen and oxygen atoms in total. The third kappa shape index (κ3) is 4.26. The average Bonchev–Trinajstić information content (AvgIpc) is 3.40. The lowest BCUT2D eigenvalue weighted by molar-refractivity contribution is -0.138. The minimum Gasteiger partial charge on any atom is -0.481 e. The summed E-state index contributed by atoms with van der Waals surface area (Å²) in [5.41, 5.74) is 1.91. The Bertz CT molecular complexity index is 1400. The van der Waals surface area contributed by atoms with Crippen LogP contribution in [0.5, 0.6) is 17.2 Å². The molecule has 1 aromatic heterocycles. The number of amides is 1. The van der Waals surface area contributed by atoms with Crippen LogP contribution in [0.4, 0.5) is 5.82 Å². The number of benzene rings is 3. The lowest BCUT2D eigenvalue weighted by atomic mass is 10.0. The summed E-state index contributed by atoms with van der Waals surface area (Å²) in [5.74, 6) is 2.68. The van der Waals surface area contributed by atoms with Crippen molar-refractivity contribution in [1.82, 2.24) is 15.1 Å². The van der Waals surface area contributed by atoms with E-state index in [9.17, 15) is 4.79 Å². The van der Waals surface area contributed by atoms with Gasteiger partial charge in [0.25, 0.3) is 5.91 Å². The van der Waals surface area contributed by atoms with Crippen LogP contribution in [0.2, 0.25) is 0 Å². The summed E-state index contributed by atoms with van der Waals surface area (Å²) in [4.78, 5) is 17.0.